The van der Waals surface area contributed by atoms with Crippen LogP contribution in [0.1, 0.15) is 18.4 Å². The molecule has 5 nitrogen and oxygen atoms in total. The Morgan fingerprint density at radius 1 is 1.50 bits per heavy atom. The Balaban J connectivity index is 0.00000200. The summed E-state index contributed by atoms with van der Waals surface area (Å²) in [4.78, 5) is 12.9. The summed E-state index contributed by atoms with van der Waals surface area (Å²) in [5, 5.41) is 11.4. The number of piperidine rings is 1. The first-order valence-corrected chi connectivity index (χ1v) is 6.83. The Hall–Kier alpha value is -0.880. The largest absolute Gasteiger partial charge is 0.330 e. The first-order valence-electron chi connectivity index (χ1n) is 6.45. The number of nitrogens with zero attached hydrogens (tertiary/aromatic N) is 2. The predicted molar refractivity (Wildman–Crippen MR) is 82.4 cm³/mol. The van der Waals surface area contributed by atoms with E-state index in [9.17, 15) is 10.1 Å². The maximum absolute atomic E-state index is 11.0. The van der Waals surface area contributed by atoms with E-state index in [1.807, 2.05) is 0 Å². The molecule has 0 bridgehead atoms. The van der Waals surface area contributed by atoms with Crippen molar-refractivity contribution in [2.45, 2.75) is 19.4 Å². The average molecular weight is 320 g/mol. The Morgan fingerprint density at radius 2 is 2.25 bits per heavy atom. The predicted octanol–water partition coefficient (Wildman–Crippen LogP) is 2.84. The van der Waals surface area contributed by atoms with Crippen molar-refractivity contribution in [3.63, 3.8) is 0 Å². The van der Waals surface area contributed by atoms with Crippen LogP contribution in [0.2, 0.25) is 5.02 Å². The molecule has 0 amide bonds. The van der Waals surface area contributed by atoms with Gasteiger partial charge in [-0.05, 0) is 44.0 Å². The van der Waals surface area contributed by atoms with Crippen molar-refractivity contribution >= 4 is 29.7 Å². The van der Waals surface area contributed by atoms with E-state index in [4.69, 9.17) is 17.3 Å². The van der Waals surface area contributed by atoms with Gasteiger partial charge >= 0.3 is 0 Å². The molecule has 1 fully saturated rings. The molecule has 0 radical (unpaired) electrons. The van der Waals surface area contributed by atoms with E-state index >= 15 is 0 Å². The molecule has 0 saturated carbocycles. The normalized spacial score (nSPS) is 19.4. The SMILES string of the molecule is Cl.NCC1CCCN(Cc2ccc(Cl)cc2[N+](=O)[O-])C1. The second-order valence-electron chi connectivity index (χ2n) is 5.01. The summed E-state index contributed by atoms with van der Waals surface area (Å²) in [6.45, 7) is 3.15. The molecular weight excluding hydrogens is 301 g/mol. The average Bonchev–Trinajstić information content (AvgIpc) is 2.41. The molecule has 0 aliphatic carbocycles. The molecule has 1 aromatic carbocycles. The van der Waals surface area contributed by atoms with Gasteiger partial charge in [-0.1, -0.05) is 11.6 Å². The summed E-state index contributed by atoms with van der Waals surface area (Å²) in [5.74, 6) is 0.500. The molecule has 1 heterocycles. The zero-order chi connectivity index (χ0) is 13.8. The molecule has 1 aliphatic heterocycles. The lowest BCUT2D eigenvalue weighted by molar-refractivity contribution is -0.385. The number of nitro benzene ring substituents is 1. The summed E-state index contributed by atoms with van der Waals surface area (Å²) < 4.78 is 0. The zero-order valence-electron chi connectivity index (χ0n) is 11.1. The topological polar surface area (TPSA) is 72.4 Å². The van der Waals surface area contributed by atoms with Gasteiger partial charge in [0.2, 0.25) is 0 Å². The summed E-state index contributed by atoms with van der Waals surface area (Å²) in [5.41, 5.74) is 6.52. The van der Waals surface area contributed by atoms with Crippen molar-refractivity contribution in [2.75, 3.05) is 19.6 Å². The van der Waals surface area contributed by atoms with Crippen LogP contribution in [0.3, 0.4) is 0 Å². The minimum atomic E-state index is -0.369. The minimum Gasteiger partial charge on any atom is -0.330 e. The number of nitrogens with two attached hydrogens (primary N) is 1. The van der Waals surface area contributed by atoms with Crippen molar-refractivity contribution in [1.29, 1.82) is 0 Å². The van der Waals surface area contributed by atoms with Gasteiger partial charge in [0.25, 0.3) is 5.69 Å². The molecule has 1 unspecified atom stereocenters. The number of rotatable bonds is 4. The summed E-state index contributed by atoms with van der Waals surface area (Å²) >= 11 is 5.81. The summed E-state index contributed by atoms with van der Waals surface area (Å²) in [6.07, 6.45) is 2.25. The highest BCUT2D eigenvalue weighted by molar-refractivity contribution is 6.30. The highest BCUT2D eigenvalue weighted by Crippen LogP contribution is 2.26. The maximum Gasteiger partial charge on any atom is 0.275 e. The van der Waals surface area contributed by atoms with Crippen molar-refractivity contribution in [1.82, 2.24) is 4.90 Å². The van der Waals surface area contributed by atoms with Crippen molar-refractivity contribution in [2.24, 2.45) is 11.7 Å². The van der Waals surface area contributed by atoms with Crippen LogP contribution in [0.5, 0.6) is 0 Å². The number of nitro groups is 1. The first-order chi connectivity index (χ1) is 9.10. The molecule has 1 atom stereocenters. The summed E-state index contributed by atoms with van der Waals surface area (Å²) in [6, 6.07) is 4.86. The van der Waals surface area contributed by atoms with Crippen LogP contribution in [0.4, 0.5) is 5.69 Å². The lowest BCUT2D eigenvalue weighted by Crippen LogP contribution is -2.37. The Labute approximate surface area is 129 Å². The first kappa shape index (κ1) is 17.2. The molecule has 112 valence electrons. The minimum absolute atomic E-state index is 0. The van der Waals surface area contributed by atoms with Crippen LogP contribution in [-0.2, 0) is 6.54 Å². The van der Waals surface area contributed by atoms with E-state index < -0.39 is 0 Å². The monoisotopic (exact) mass is 319 g/mol. The van der Waals surface area contributed by atoms with Crippen molar-refractivity contribution < 1.29 is 4.92 Å². The van der Waals surface area contributed by atoms with Gasteiger partial charge in [-0.3, -0.25) is 15.0 Å². The van der Waals surface area contributed by atoms with Crippen LogP contribution in [0.25, 0.3) is 0 Å². The molecule has 1 saturated heterocycles. The van der Waals surface area contributed by atoms with Gasteiger partial charge in [0.05, 0.1) is 4.92 Å². The van der Waals surface area contributed by atoms with Crippen LogP contribution in [0.15, 0.2) is 18.2 Å². The lowest BCUT2D eigenvalue weighted by atomic mass is 9.98. The number of benzene rings is 1. The Morgan fingerprint density at radius 3 is 2.90 bits per heavy atom. The van der Waals surface area contributed by atoms with Gasteiger partial charge < -0.3 is 5.73 Å². The molecule has 0 spiro atoms. The van der Waals surface area contributed by atoms with E-state index in [0.717, 1.165) is 25.9 Å². The third kappa shape index (κ3) is 4.31. The smallest absolute Gasteiger partial charge is 0.275 e. The van der Waals surface area contributed by atoms with Crippen molar-refractivity contribution in [3.05, 3.63) is 38.9 Å². The van der Waals surface area contributed by atoms with E-state index in [0.29, 0.717) is 29.6 Å². The molecule has 1 aliphatic rings. The van der Waals surface area contributed by atoms with E-state index in [-0.39, 0.29) is 23.0 Å². The van der Waals surface area contributed by atoms with Crippen LogP contribution >= 0.6 is 24.0 Å². The van der Waals surface area contributed by atoms with Gasteiger partial charge in [0, 0.05) is 29.7 Å². The van der Waals surface area contributed by atoms with E-state index in [2.05, 4.69) is 4.90 Å². The van der Waals surface area contributed by atoms with Gasteiger partial charge in [0.1, 0.15) is 0 Å². The second-order valence-corrected chi connectivity index (χ2v) is 5.45. The van der Waals surface area contributed by atoms with Crippen LogP contribution in [-0.4, -0.2) is 29.5 Å². The molecule has 2 rings (SSSR count). The third-order valence-corrected chi connectivity index (χ3v) is 3.81. The standard InChI is InChI=1S/C13H18ClN3O2.ClH/c14-12-4-3-11(13(6-12)17(18)19)9-16-5-1-2-10(7-15)8-16;/h3-4,6,10H,1-2,5,7-9,15H2;1H. The second kappa shape index (κ2) is 7.78. The van der Waals surface area contributed by atoms with Crippen LogP contribution in [0, 0.1) is 16.0 Å². The number of halogens is 2. The van der Waals surface area contributed by atoms with Gasteiger partial charge in [-0.15, -0.1) is 12.4 Å². The Bertz CT molecular complexity index is 471. The maximum atomic E-state index is 11.0. The van der Waals surface area contributed by atoms with Gasteiger partial charge in [-0.2, -0.15) is 0 Å². The fourth-order valence-electron chi connectivity index (χ4n) is 2.57. The fourth-order valence-corrected chi connectivity index (χ4v) is 2.74. The molecular formula is C13H19Cl2N3O2. The molecule has 20 heavy (non-hydrogen) atoms. The Kier molecular flexibility index (Phi) is 6.68. The molecule has 7 heteroatoms. The highest BCUT2D eigenvalue weighted by Gasteiger charge is 2.22. The van der Waals surface area contributed by atoms with Crippen LogP contribution < -0.4 is 5.73 Å². The number of likely N-dealkylation sites (tertiary alicyclic amines) is 1. The quantitative estimate of drug-likeness (QED) is 0.684. The van der Waals surface area contributed by atoms with E-state index in [1.165, 1.54) is 6.07 Å². The highest BCUT2D eigenvalue weighted by atomic mass is 35.5. The zero-order valence-corrected chi connectivity index (χ0v) is 12.7. The van der Waals surface area contributed by atoms with E-state index in [1.54, 1.807) is 12.1 Å². The van der Waals surface area contributed by atoms with Gasteiger partial charge in [-0.25, -0.2) is 0 Å². The molecule has 0 aromatic heterocycles. The third-order valence-electron chi connectivity index (χ3n) is 3.57. The number of hydrogen-bond donors (Lipinski definition) is 1. The number of hydrogen-bond acceptors (Lipinski definition) is 4. The van der Waals surface area contributed by atoms with Crippen molar-refractivity contribution in [3.8, 4) is 0 Å². The molecule has 2 N–H and O–H groups in total. The lowest BCUT2D eigenvalue weighted by Gasteiger charge is -2.31. The molecule has 1 aromatic rings. The fraction of sp³-hybridized carbons (Fsp3) is 0.538. The van der Waals surface area contributed by atoms with Gasteiger partial charge in [0.15, 0.2) is 0 Å². The summed E-state index contributed by atoms with van der Waals surface area (Å²) in [7, 11) is 0.